The molecule has 0 spiro atoms. The van der Waals surface area contributed by atoms with Crippen LogP contribution in [0.3, 0.4) is 0 Å². The highest BCUT2D eigenvalue weighted by atomic mass is 32.1. The van der Waals surface area contributed by atoms with Crippen LogP contribution in [0.4, 0.5) is 13.2 Å². The van der Waals surface area contributed by atoms with Gasteiger partial charge in [-0.3, -0.25) is 9.89 Å². The molecule has 0 unspecified atom stereocenters. The van der Waals surface area contributed by atoms with E-state index in [1.54, 1.807) is 13.1 Å². The van der Waals surface area contributed by atoms with Crippen molar-refractivity contribution in [3.63, 3.8) is 0 Å². The maximum absolute atomic E-state index is 12.8. The monoisotopic (exact) mass is 396 g/mol. The standard InChI is InChI=1S/C19H23F3N4S/c1-23-18(25-12-14-3-2-4-16(11-14)19(20,21)22)24-7-9-26-8-5-17-15(13-26)6-10-27-17/h2-4,6,10-11H,5,7-9,12-13H2,1H3,(H2,23,24,25). The third kappa shape index (κ3) is 5.46. The van der Waals surface area contributed by atoms with Crippen LogP contribution in [0.5, 0.6) is 0 Å². The zero-order valence-electron chi connectivity index (χ0n) is 15.1. The molecule has 8 heteroatoms. The molecule has 0 saturated carbocycles. The second-order valence-electron chi connectivity index (χ2n) is 6.45. The number of nitrogens with zero attached hydrogens (tertiary/aromatic N) is 2. The highest BCUT2D eigenvalue weighted by molar-refractivity contribution is 7.10. The molecule has 1 aliphatic rings. The van der Waals surface area contributed by atoms with Gasteiger partial charge >= 0.3 is 6.18 Å². The van der Waals surface area contributed by atoms with Gasteiger partial charge in [0.05, 0.1) is 5.56 Å². The molecule has 1 aromatic carbocycles. The molecule has 1 aromatic heterocycles. The van der Waals surface area contributed by atoms with Gasteiger partial charge in [0.15, 0.2) is 5.96 Å². The summed E-state index contributed by atoms with van der Waals surface area (Å²) in [5, 5.41) is 8.44. The number of aliphatic imine (C=N–C) groups is 1. The van der Waals surface area contributed by atoms with Gasteiger partial charge in [0, 0.05) is 44.6 Å². The van der Waals surface area contributed by atoms with E-state index in [-0.39, 0.29) is 6.54 Å². The lowest BCUT2D eigenvalue weighted by Gasteiger charge is -2.27. The van der Waals surface area contributed by atoms with Crippen molar-refractivity contribution in [1.29, 1.82) is 0 Å². The van der Waals surface area contributed by atoms with E-state index in [4.69, 9.17) is 0 Å². The summed E-state index contributed by atoms with van der Waals surface area (Å²) in [7, 11) is 1.65. The molecule has 3 rings (SSSR count). The van der Waals surface area contributed by atoms with Crippen LogP contribution < -0.4 is 10.6 Å². The van der Waals surface area contributed by atoms with Gasteiger partial charge in [-0.15, -0.1) is 11.3 Å². The van der Waals surface area contributed by atoms with Crippen LogP contribution in [0.25, 0.3) is 0 Å². The number of rotatable bonds is 5. The number of guanidine groups is 1. The molecule has 0 aliphatic carbocycles. The third-order valence-corrected chi connectivity index (χ3v) is 5.57. The van der Waals surface area contributed by atoms with Crippen LogP contribution in [-0.4, -0.2) is 37.5 Å². The predicted molar refractivity (Wildman–Crippen MR) is 103 cm³/mol. The Balaban J connectivity index is 1.44. The van der Waals surface area contributed by atoms with Crippen molar-refractivity contribution in [1.82, 2.24) is 15.5 Å². The van der Waals surface area contributed by atoms with Gasteiger partial charge in [-0.25, -0.2) is 0 Å². The second kappa shape index (κ2) is 8.75. The van der Waals surface area contributed by atoms with Crippen molar-refractivity contribution < 1.29 is 13.2 Å². The summed E-state index contributed by atoms with van der Waals surface area (Å²) in [5.41, 5.74) is 1.34. The first-order chi connectivity index (χ1) is 13.0. The lowest BCUT2D eigenvalue weighted by Crippen LogP contribution is -2.42. The van der Waals surface area contributed by atoms with Gasteiger partial charge in [0.2, 0.25) is 0 Å². The molecule has 1 aliphatic heterocycles. The molecular formula is C19H23F3N4S. The average molecular weight is 396 g/mol. The molecule has 0 radical (unpaired) electrons. The van der Waals surface area contributed by atoms with E-state index in [0.29, 0.717) is 11.5 Å². The van der Waals surface area contributed by atoms with Gasteiger partial charge in [0.25, 0.3) is 0 Å². The van der Waals surface area contributed by atoms with E-state index in [1.165, 1.54) is 16.5 Å². The fraction of sp³-hybridized carbons (Fsp3) is 0.421. The van der Waals surface area contributed by atoms with E-state index in [0.717, 1.165) is 44.7 Å². The maximum atomic E-state index is 12.8. The van der Waals surface area contributed by atoms with Crippen LogP contribution in [-0.2, 0) is 25.7 Å². The Morgan fingerprint density at radius 2 is 2.11 bits per heavy atom. The topological polar surface area (TPSA) is 39.7 Å². The number of halogens is 3. The van der Waals surface area contributed by atoms with Gasteiger partial charge < -0.3 is 10.6 Å². The summed E-state index contributed by atoms with van der Waals surface area (Å²) in [6.45, 7) is 3.91. The molecule has 0 amide bonds. The summed E-state index contributed by atoms with van der Waals surface area (Å²) in [6, 6.07) is 7.52. The van der Waals surface area contributed by atoms with Crippen molar-refractivity contribution in [2.24, 2.45) is 4.99 Å². The lowest BCUT2D eigenvalue weighted by atomic mass is 10.1. The quantitative estimate of drug-likeness (QED) is 0.600. The van der Waals surface area contributed by atoms with E-state index in [2.05, 4.69) is 32.0 Å². The Morgan fingerprint density at radius 3 is 2.89 bits per heavy atom. The number of benzene rings is 1. The first kappa shape index (κ1) is 19.7. The summed E-state index contributed by atoms with van der Waals surface area (Å²) >= 11 is 1.82. The van der Waals surface area contributed by atoms with Crippen molar-refractivity contribution >= 4 is 17.3 Å². The van der Waals surface area contributed by atoms with E-state index >= 15 is 0 Å². The van der Waals surface area contributed by atoms with Crippen LogP contribution in [0, 0.1) is 0 Å². The summed E-state index contributed by atoms with van der Waals surface area (Å²) in [5.74, 6) is 0.584. The van der Waals surface area contributed by atoms with Crippen molar-refractivity contribution in [3.05, 3.63) is 57.3 Å². The zero-order valence-corrected chi connectivity index (χ0v) is 16.0. The Labute approximate surface area is 161 Å². The first-order valence-electron chi connectivity index (χ1n) is 8.84. The number of nitrogens with one attached hydrogen (secondary N) is 2. The molecule has 0 bridgehead atoms. The fourth-order valence-electron chi connectivity index (χ4n) is 3.09. The average Bonchev–Trinajstić information content (AvgIpc) is 3.12. The van der Waals surface area contributed by atoms with Crippen LogP contribution in [0.1, 0.15) is 21.6 Å². The number of fused-ring (bicyclic) bond motifs is 1. The minimum absolute atomic E-state index is 0.283. The molecule has 0 saturated heterocycles. The second-order valence-corrected chi connectivity index (χ2v) is 7.45. The zero-order chi connectivity index (χ0) is 19.3. The van der Waals surface area contributed by atoms with Crippen molar-refractivity contribution in [3.8, 4) is 0 Å². The van der Waals surface area contributed by atoms with Crippen LogP contribution >= 0.6 is 11.3 Å². The molecule has 4 nitrogen and oxygen atoms in total. The highest BCUT2D eigenvalue weighted by Crippen LogP contribution is 2.29. The van der Waals surface area contributed by atoms with Crippen molar-refractivity contribution in [2.45, 2.75) is 25.7 Å². The molecular weight excluding hydrogens is 373 g/mol. The number of hydrogen-bond donors (Lipinski definition) is 2. The highest BCUT2D eigenvalue weighted by Gasteiger charge is 2.30. The first-order valence-corrected chi connectivity index (χ1v) is 9.72. The normalized spacial score (nSPS) is 15.5. The third-order valence-electron chi connectivity index (χ3n) is 4.55. The summed E-state index contributed by atoms with van der Waals surface area (Å²) in [6.07, 6.45) is -3.23. The SMILES string of the molecule is CN=C(NCCN1CCc2sccc2C1)NCc1cccc(C(F)(F)F)c1. The Kier molecular flexibility index (Phi) is 6.38. The predicted octanol–water partition coefficient (Wildman–Crippen LogP) is 3.49. The van der Waals surface area contributed by atoms with Gasteiger partial charge in [-0.2, -0.15) is 13.2 Å². The Morgan fingerprint density at radius 1 is 1.26 bits per heavy atom. The minimum Gasteiger partial charge on any atom is -0.355 e. The van der Waals surface area contributed by atoms with Gasteiger partial charge in [0.1, 0.15) is 0 Å². The number of hydrogen-bond acceptors (Lipinski definition) is 3. The van der Waals surface area contributed by atoms with E-state index < -0.39 is 11.7 Å². The molecule has 2 aromatic rings. The summed E-state index contributed by atoms with van der Waals surface area (Å²) in [4.78, 5) is 8.02. The van der Waals surface area contributed by atoms with Crippen molar-refractivity contribution in [2.75, 3.05) is 26.7 Å². The summed E-state index contributed by atoms with van der Waals surface area (Å²) < 4.78 is 38.4. The molecule has 2 N–H and O–H groups in total. The van der Waals surface area contributed by atoms with Gasteiger partial charge in [-0.1, -0.05) is 12.1 Å². The molecule has 0 atom stereocenters. The van der Waals surface area contributed by atoms with Crippen LogP contribution in [0.2, 0.25) is 0 Å². The molecule has 0 fully saturated rings. The Hall–Kier alpha value is -2.06. The minimum atomic E-state index is -4.33. The molecule has 2 heterocycles. The number of alkyl halides is 3. The number of thiophene rings is 1. The van der Waals surface area contributed by atoms with E-state index in [1.807, 2.05) is 11.3 Å². The lowest BCUT2D eigenvalue weighted by molar-refractivity contribution is -0.137. The Bertz CT molecular complexity index is 785. The van der Waals surface area contributed by atoms with E-state index in [9.17, 15) is 13.2 Å². The van der Waals surface area contributed by atoms with Crippen LogP contribution in [0.15, 0.2) is 40.7 Å². The fourth-order valence-corrected chi connectivity index (χ4v) is 3.98. The smallest absolute Gasteiger partial charge is 0.355 e. The maximum Gasteiger partial charge on any atom is 0.416 e. The van der Waals surface area contributed by atoms with Gasteiger partial charge in [-0.05, 0) is 41.1 Å². The molecule has 27 heavy (non-hydrogen) atoms. The molecule has 146 valence electrons. The largest absolute Gasteiger partial charge is 0.416 e.